The predicted molar refractivity (Wildman–Crippen MR) is 63.5 cm³/mol. The Morgan fingerprint density at radius 3 is 2.71 bits per heavy atom. The lowest BCUT2D eigenvalue weighted by Gasteiger charge is -2.05. The molecule has 3 N–H and O–H groups in total. The van der Waals surface area contributed by atoms with Gasteiger partial charge in [0.1, 0.15) is 0 Å². The van der Waals surface area contributed by atoms with E-state index in [2.05, 4.69) is 30.5 Å². The lowest BCUT2D eigenvalue weighted by Crippen LogP contribution is -1.99. The maximum absolute atomic E-state index is 5.73. The number of aryl methyl sites for hydroxylation is 1. The highest BCUT2D eigenvalue weighted by atomic mass is 14.9. The molecular formula is C12H18N2. The molecule has 0 radical (unpaired) electrons. The molecular weight excluding hydrogens is 172 g/mol. The van der Waals surface area contributed by atoms with Crippen LogP contribution < -0.4 is 11.1 Å². The summed E-state index contributed by atoms with van der Waals surface area (Å²) in [6.45, 7) is 5.03. The number of nitrogens with one attached hydrogen (secondary N) is 1. The third-order valence-corrected chi connectivity index (χ3v) is 1.93. The average molecular weight is 190 g/mol. The molecule has 76 valence electrons. The summed E-state index contributed by atoms with van der Waals surface area (Å²) in [7, 11) is 0. The first kappa shape index (κ1) is 10.6. The Kier molecular flexibility index (Phi) is 4.05. The molecule has 0 saturated carbocycles. The Hall–Kier alpha value is -1.44. The Morgan fingerprint density at radius 1 is 1.29 bits per heavy atom. The molecule has 2 heteroatoms. The van der Waals surface area contributed by atoms with Gasteiger partial charge < -0.3 is 11.1 Å². The van der Waals surface area contributed by atoms with Gasteiger partial charge in [0, 0.05) is 17.9 Å². The molecule has 14 heavy (non-hydrogen) atoms. The summed E-state index contributed by atoms with van der Waals surface area (Å²) in [6.07, 6.45) is 5.35. The third-order valence-electron chi connectivity index (χ3n) is 1.93. The Balaban J connectivity index is 2.54. The molecule has 1 aromatic carbocycles. The van der Waals surface area contributed by atoms with Crippen molar-refractivity contribution in [3.8, 4) is 0 Å². The van der Waals surface area contributed by atoms with Crippen molar-refractivity contribution in [3.63, 3.8) is 0 Å². The van der Waals surface area contributed by atoms with Crippen molar-refractivity contribution in [3.05, 3.63) is 35.9 Å². The topological polar surface area (TPSA) is 38.0 Å². The van der Waals surface area contributed by atoms with Crippen LogP contribution in [0.4, 0.5) is 11.4 Å². The zero-order chi connectivity index (χ0) is 10.4. The third kappa shape index (κ3) is 3.52. The Labute approximate surface area is 85.8 Å². The maximum Gasteiger partial charge on any atom is 0.0365 e. The number of rotatable bonds is 4. The first-order chi connectivity index (χ1) is 6.72. The number of hydrogen-bond donors (Lipinski definition) is 2. The van der Waals surface area contributed by atoms with Crippen LogP contribution in [0, 0.1) is 6.92 Å². The van der Waals surface area contributed by atoms with Gasteiger partial charge in [0.15, 0.2) is 0 Å². The SMILES string of the molecule is CC/C=C/CNc1cc(C)cc(N)c1. The largest absolute Gasteiger partial charge is 0.399 e. The molecule has 0 heterocycles. The number of allylic oxidation sites excluding steroid dienone is 1. The molecule has 0 bridgehead atoms. The van der Waals surface area contributed by atoms with E-state index in [4.69, 9.17) is 5.73 Å². The second kappa shape index (κ2) is 5.32. The van der Waals surface area contributed by atoms with Crippen LogP contribution in [-0.2, 0) is 0 Å². The number of anilines is 2. The van der Waals surface area contributed by atoms with Crippen LogP contribution in [-0.4, -0.2) is 6.54 Å². The molecule has 0 aliphatic heterocycles. The molecule has 0 unspecified atom stereocenters. The molecule has 1 rings (SSSR count). The fourth-order valence-electron chi connectivity index (χ4n) is 1.34. The van der Waals surface area contributed by atoms with Gasteiger partial charge in [-0.2, -0.15) is 0 Å². The van der Waals surface area contributed by atoms with E-state index >= 15 is 0 Å². The molecule has 0 spiro atoms. The summed E-state index contributed by atoms with van der Waals surface area (Å²) in [4.78, 5) is 0. The van der Waals surface area contributed by atoms with Crippen molar-refractivity contribution in [2.45, 2.75) is 20.3 Å². The number of benzene rings is 1. The molecule has 0 saturated heterocycles. The van der Waals surface area contributed by atoms with Crippen molar-refractivity contribution in [1.29, 1.82) is 0 Å². The van der Waals surface area contributed by atoms with E-state index in [0.717, 1.165) is 24.3 Å². The highest BCUT2D eigenvalue weighted by molar-refractivity contribution is 5.56. The van der Waals surface area contributed by atoms with E-state index in [1.54, 1.807) is 0 Å². The van der Waals surface area contributed by atoms with Gasteiger partial charge in [-0.05, 0) is 37.1 Å². The van der Waals surface area contributed by atoms with Crippen LogP contribution in [0.25, 0.3) is 0 Å². The van der Waals surface area contributed by atoms with Crippen molar-refractivity contribution in [2.75, 3.05) is 17.6 Å². The second-order valence-electron chi connectivity index (χ2n) is 3.39. The van der Waals surface area contributed by atoms with Crippen LogP contribution in [0.1, 0.15) is 18.9 Å². The molecule has 0 fully saturated rings. The van der Waals surface area contributed by atoms with E-state index in [1.165, 1.54) is 5.56 Å². The van der Waals surface area contributed by atoms with Crippen LogP contribution in [0.2, 0.25) is 0 Å². The maximum atomic E-state index is 5.73. The van der Waals surface area contributed by atoms with E-state index in [9.17, 15) is 0 Å². The molecule has 0 aliphatic rings. The summed E-state index contributed by atoms with van der Waals surface area (Å²) >= 11 is 0. The summed E-state index contributed by atoms with van der Waals surface area (Å²) in [5.74, 6) is 0. The monoisotopic (exact) mass is 190 g/mol. The van der Waals surface area contributed by atoms with Crippen LogP contribution in [0.3, 0.4) is 0 Å². The van der Waals surface area contributed by atoms with Crippen molar-refractivity contribution >= 4 is 11.4 Å². The average Bonchev–Trinajstić information content (AvgIpc) is 2.11. The van der Waals surface area contributed by atoms with Crippen molar-refractivity contribution in [1.82, 2.24) is 0 Å². The zero-order valence-electron chi connectivity index (χ0n) is 8.88. The molecule has 0 aliphatic carbocycles. The van der Waals surface area contributed by atoms with Gasteiger partial charge in [-0.1, -0.05) is 19.1 Å². The smallest absolute Gasteiger partial charge is 0.0365 e. The molecule has 0 amide bonds. The lowest BCUT2D eigenvalue weighted by molar-refractivity contribution is 1.20. The van der Waals surface area contributed by atoms with Gasteiger partial charge in [0.25, 0.3) is 0 Å². The first-order valence-corrected chi connectivity index (χ1v) is 4.98. The van der Waals surface area contributed by atoms with Crippen LogP contribution >= 0.6 is 0 Å². The van der Waals surface area contributed by atoms with E-state index in [-0.39, 0.29) is 0 Å². The molecule has 0 aromatic heterocycles. The fraction of sp³-hybridized carbons (Fsp3) is 0.333. The minimum atomic E-state index is 0.812. The summed E-state index contributed by atoms with van der Waals surface area (Å²) in [5, 5.41) is 3.29. The second-order valence-corrected chi connectivity index (χ2v) is 3.39. The quantitative estimate of drug-likeness (QED) is 0.566. The summed E-state index contributed by atoms with van der Waals surface area (Å²) in [5.41, 5.74) is 8.82. The van der Waals surface area contributed by atoms with Crippen molar-refractivity contribution in [2.24, 2.45) is 0 Å². The van der Waals surface area contributed by atoms with Crippen molar-refractivity contribution < 1.29 is 0 Å². The number of hydrogen-bond acceptors (Lipinski definition) is 2. The highest BCUT2D eigenvalue weighted by Crippen LogP contribution is 2.15. The van der Waals surface area contributed by atoms with Gasteiger partial charge in [0.2, 0.25) is 0 Å². The fourth-order valence-corrected chi connectivity index (χ4v) is 1.34. The molecule has 0 atom stereocenters. The molecule has 2 nitrogen and oxygen atoms in total. The van der Waals surface area contributed by atoms with Gasteiger partial charge in [-0.25, -0.2) is 0 Å². The van der Waals surface area contributed by atoms with Gasteiger partial charge in [-0.3, -0.25) is 0 Å². The molecule has 1 aromatic rings. The minimum absolute atomic E-state index is 0.812. The number of nitrogen functional groups attached to an aromatic ring is 1. The van der Waals surface area contributed by atoms with Gasteiger partial charge in [0.05, 0.1) is 0 Å². The predicted octanol–water partition coefficient (Wildman–Crippen LogP) is 2.96. The zero-order valence-corrected chi connectivity index (χ0v) is 8.88. The van der Waals surface area contributed by atoms with Crippen LogP contribution in [0.5, 0.6) is 0 Å². The van der Waals surface area contributed by atoms with E-state index < -0.39 is 0 Å². The summed E-state index contributed by atoms with van der Waals surface area (Å²) in [6, 6.07) is 6.01. The lowest BCUT2D eigenvalue weighted by atomic mass is 10.2. The minimum Gasteiger partial charge on any atom is -0.399 e. The van der Waals surface area contributed by atoms with E-state index in [1.807, 2.05) is 19.1 Å². The van der Waals surface area contributed by atoms with Gasteiger partial charge >= 0.3 is 0 Å². The van der Waals surface area contributed by atoms with Gasteiger partial charge in [-0.15, -0.1) is 0 Å². The Bertz CT molecular complexity index is 296. The van der Waals surface area contributed by atoms with Crippen LogP contribution in [0.15, 0.2) is 30.4 Å². The summed E-state index contributed by atoms with van der Waals surface area (Å²) < 4.78 is 0. The standard InChI is InChI=1S/C12H18N2/c1-3-4-5-6-14-12-8-10(2)7-11(13)9-12/h4-5,7-9,14H,3,6,13H2,1-2H3/b5-4+. The Morgan fingerprint density at radius 2 is 2.07 bits per heavy atom. The normalized spacial score (nSPS) is 10.7. The first-order valence-electron chi connectivity index (χ1n) is 4.98. The van der Waals surface area contributed by atoms with E-state index in [0.29, 0.717) is 0 Å². The number of nitrogens with two attached hydrogens (primary N) is 1. The highest BCUT2D eigenvalue weighted by Gasteiger charge is 1.93.